The Labute approximate surface area is 203 Å². The van der Waals surface area contributed by atoms with Crippen molar-refractivity contribution in [2.24, 2.45) is 12.8 Å². The molecule has 186 valence electrons. The van der Waals surface area contributed by atoms with E-state index in [1.165, 1.54) is 16.9 Å². The number of urea groups is 1. The normalized spacial score (nSPS) is 21.6. The lowest BCUT2D eigenvalue weighted by molar-refractivity contribution is -0.140. The van der Waals surface area contributed by atoms with Crippen LogP contribution in [0.15, 0.2) is 42.6 Å². The van der Waals surface area contributed by atoms with E-state index < -0.39 is 36.0 Å². The molecule has 11 nitrogen and oxygen atoms in total. The van der Waals surface area contributed by atoms with Gasteiger partial charge in [0.25, 0.3) is 5.91 Å². The maximum atomic E-state index is 13.7. The Kier molecular flexibility index (Phi) is 6.94. The molecule has 1 aromatic heterocycles. The number of hydrogen-bond acceptors (Lipinski definition) is 5. The standard InChI is InChI=1S/C24H30N6O5/c1-28-11-4-9-19(28)22(32)30-13-10-17(20(30)23(33)29-12-5-8-18(29)21(25)31)27-24(34)26-15-6-3-7-16(14-15)35-2/h3-4,6-7,9,11,14,17-18,20H,5,8,10,12-13H2,1-2H3,(H2,25,31)(H2,26,27,34)/t17-,18+,20-/m0/s1. The van der Waals surface area contributed by atoms with Crippen molar-refractivity contribution in [3.63, 3.8) is 0 Å². The number of rotatable bonds is 6. The largest absolute Gasteiger partial charge is 0.497 e. The van der Waals surface area contributed by atoms with Gasteiger partial charge in [-0.2, -0.15) is 0 Å². The van der Waals surface area contributed by atoms with Crippen LogP contribution in [0.4, 0.5) is 10.5 Å². The highest BCUT2D eigenvalue weighted by atomic mass is 16.5. The van der Waals surface area contributed by atoms with E-state index in [0.29, 0.717) is 42.9 Å². The smallest absolute Gasteiger partial charge is 0.319 e. The third kappa shape index (κ3) is 4.93. The van der Waals surface area contributed by atoms with Crippen molar-refractivity contribution < 1.29 is 23.9 Å². The fourth-order valence-electron chi connectivity index (χ4n) is 4.84. The number of primary amides is 1. The summed E-state index contributed by atoms with van der Waals surface area (Å²) in [5, 5.41) is 5.60. The van der Waals surface area contributed by atoms with Crippen molar-refractivity contribution in [3.8, 4) is 5.75 Å². The average Bonchev–Trinajstić information content (AvgIpc) is 3.58. The number of methoxy groups -OCH3 is 1. The molecule has 4 rings (SSSR count). The zero-order valence-electron chi connectivity index (χ0n) is 19.8. The van der Waals surface area contributed by atoms with Crippen molar-refractivity contribution in [1.82, 2.24) is 19.7 Å². The highest BCUT2D eigenvalue weighted by Crippen LogP contribution is 2.27. The van der Waals surface area contributed by atoms with Crippen LogP contribution in [0.3, 0.4) is 0 Å². The van der Waals surface area contributed by atoms with Gasteiger partial charge < -0.3 is 35.5 Å². The van der Waals surface area contributed by atoms with E-state index in [1.54, 1.807) is 54.2 Å². The van der Waals surface area contributed by atoms with Gasteiger partial charge in [0, 0.05) is 38.1 Å². The summed E-state index contributed by atoms with van der Waals surface area (Å²) in [5.41, 5.74) is 6.48. The second-order valence-electron chi connectivity index (χ2n) is 8.77. The van der Waals surface area contributed by atoms with Crippen LogP contribution >= 0.6 is 0 Å². The fraction of sp³-hybridized carbons (Fsp3) is 0.417. The summed E-state index contributed by atoms with van der Waals surface area (Å²) in [5.74, 6) is -0.696. The van der Waals surface area contributed by atoms with Gasteiger partial charge in [-0.15, -0.1) is 0 Å². The minimum absolute atomic E-state index is 0.277. The second kappa shape index (κ2) is 10.1. The molecule has 2 aliphatic rings. The van der Waals surface area contributed by atoms with E-state index >= 15 is 0 Å². The molecular weight excluding hydrogens is 452 g/mol. The summed E-state index contributed by atoms with van der Waals surface area (Å²) in [6.07, 6.45) is 3.26. The first-order valence-corrected chi connectivity index (χ1v) is 11.5. The van der Waals surface area contributed by atoms with Crippen LogP contribution < -0.4 is 21.1 Å². The zero-order chi connectivity index (χ0) is 25.1. The van der Waals surface area contributed by atoms with Crippen molar-refractivity contribution in [3.05, 3.63) is 48.3 Å². The lowest BCUT2D eigenvalue weighted by Gasteiger charge is -2.33. The first-order valence-electron chi connectivity index (χ1n) is 11.5. The summed E-state index contributed by atoms with van der Waals surface area (Å²) in [7, 11) is 3.28. The molecule has 0 saturated carbocycles. The molecule has 4 N–H and O–H groups in total. The van der Waals surface area contributed by atoms with Crippen molar-refractivity contribution >= 4 is 29.4 Å². The van der Waals surface area contributed by atoms with E-state index in [2.05, 4.69) is 10.6 Å². The van der Waals surface area contributed by atoms with Crippen molar-refractivity contribution in [2.45, 2.75) is 37.4 Å². The van der Waals surface area contributed by atoms with Crippen LogP contribution in [-0.2, 0) is 16.6 Å². The Balaban J connectivity index is 1.57. The lowest BCUT2D eigenvalue weighted by atomic mass is 10.1. The predicted octanol–water partition coefficient (Wildman–Crippen LogP) is 0.915. The third-order valence-corrected chi connectivity index (χ3v) is 6.58. The quantitative estimate of drug-likeness (QED) is 0.562. The average molecular weight is 483 g/mol. The van der Waals surface area contributed by atoms with E-state index in [4.69, 9.17) is 10.5 Å². The molecule has 0 bridgehead atoms. The Bertz CT molecular complexity index is 1130. The van der Waals surface area contributed by atoms with Crippen LogP contribution in [-0.4, -0.2) is 76.4 Å². The number of ether oxygens (including phenoxy) is 1. The van der Waals surface area contributed by atoms with Gasteiger partial charge in [0.05, 0.1) is 13.2 Å². The highest BCUT2D eigenvalue weighted by molar-refractivity contribution is 5.99. The monoisotopic (exact) mass is 482 g/mol. The minimum atomic E-state index is -0.964. The summed E-state index contributed by atoms with van der Waals surface area (Å²) in [4.78, 5) is 54.7. The van der Waals surface area contributed by atoms with Gasteiger partial charge in [0.15, 0.2) is 0 Å². The molecule has 0 spiro atoms. The molecule has 0 unspecified atom stereocenters. The number of benzene rings is 1. The van der Waals surface area contributed by atoms with Crippen LogP contribution in [0, 0.1) is 0 Å². The number of nitrogens with two attached hydrogens (primary N) is 1. The van der Waals surface area contributed by atoms with E-state index in [0.717, 1.165) is 0 Å². The number of aryl methyl sites for hydroxylation is 1. The Morgan fingerprint density at radius 1 is 1.06 bits per heavy atom. The highest BCUT2D eigenvalue weighted by Gasteiger charge is 2.47. The fourth-order valence-corrected chi connectivity index (χ4v) is 4.84. The van der Waals surface area contributed by atoms with Gasteiger partial charge in [-0.3, -0.25) is 14.4 Å². The molecule has 5 amide bonds. The molecule has 2 saturated heterocycles. The molecule has 2 aromatic rings. The number of aromatic nitrogens is 1. The Morgan fingerprint density at radius 2 is 1.86 bits per heavy atom. The molecule has 3 heterocycles. The number of nitrogens with one attached hydrogen (secondary N) is 2. The number of amides is 5. The third-order valence-electron chi connectivity index (χ3n) is 6.58. The molecule has 2 aliphatic heterocycles. The Hall–Kier alpha value is -4.02. The summed E-state index contributed by atoms with van der Waals surface area (Å²) >= 11 is 0. The zero-order valence-corrected chi connectivity index (χ0v) is 19.8. The lowest BCUT2D eigenvalue weighted by Crippen LogP contribution is -2.58. The van der Waals surface area contributed by atoms with Gasteiger partial charge in [-0.1, -0.05) is 6.07 Å². The number of anilines is 1. The Morgan fingerprint density at radius 3 is 2.54 bits per heavy atom. The second-order valence-corrected chi connectivity index (χ2v) is 8.77. The van der Waals surface area contributed by atoms with Crippen LogP contribution in [0.5, 0.6) is 5.75 Å². The molecule has 0 aliphatic carbocycles. The molecule has 1 aromatic carbocycles. The molecular formula is C24H30N6O5. The van der Waals surface area contributed by atoms with Crippen LogP contribution in [0.25, 0.3) is 0 Å². The van der Waals surface area contributed by atoms with Gasteiger partial charge in [-0.05, 0) is 43.5 Å². The summed E-state index contributed by atoms with van der Waals surface area (Å²) in [6, 6.07) is 7.48. The first kappa shape index (κ1) is 24.1. The van der Waals surface area contributed by atoms with Gasteiger partial charge in [0.1, 0.15) is 23.5 Å². The van der Waals surface area contributed by atoms with Crippen molar-refractivity contribution in [1.29, 1.82) is 0 Å². The van der Waals surface area contributed by atoms with Crippen LogP contribution in [0.2, 0.25) is 0 Å². The SMILES string of the molecule is COc1cccc(NC(=O)N[C@H]2CCN(C(=O)c3cccn3C)[C@@H]2C(=O)N2CCC[C@@H]2C(N)=O)c1. The molecule has 0 radical (unpaired) electrons. The topological polar surface area (TPSA) is 139 Å². The van der Waals surface area contributed by atoms with Gasteiger partial charge >= 0.3 is 6.03 Å². The summed E-state index contributed by atoms with van der Waals surface area (Å²) < 4.78 is 6.87. The number of hydrogen-bond donors (Lipinski definition) is 3. The summed E-state index contributed by atoms with van der Waals surface area (Å²) in [6.45, 7) is 0.650. The predicted molar refractivity (Wildman–Crippen MR) is 128 cm³/mol. The van der Waals surface area contributed by atoms with Crippen molar-refractivity contribution in [2.75, 3.05) is 25.5 Å². The number of likely N-dealkylation sites (tertiary alicyclic amines) is 2. The van der Waals surface area contributed by atoms with Crippen LogP contribution in [0.1, 0.15) is 29.8 Å². The maximum absolute atomic E-state index is 13.7. The molecule has 3 atom stereocenters. The molecule has 2 fully saturated rings. The maximum Gasteiger partial charge on any atom is 0.319 e. The van der Waals surface area contributed by atoms with E-state index in [-0.39, 0.29) is 12.5 Å². The first-order chi connectivity index (χ1) is 16.8. The van der Waals surface area contributed by atoms with E-state index in [9.17, 15) is 19.2 Å². The van der Waals surface area contributed by atoms with Gasteiger partial charge in [-0.25, -0.2) is 4.79 Å². The van der Waals surface area contributed by atoms with Gasteiger partial charge in [0.2, 0.25) is 11.8 Å². The number of carbonyl (C=O) groups excluding carboxylic acids is 4. The minimum Gasteiger partial charge on any atom is -0.497 e. The number of carbonyl (C=O) groups is 4. The number of nitrogens with zero attached hydrogens (tertiary/aromatic N) is 3. The van der Waals surface area contributed by atoms with E-state index in [1.807, 2.05) is 0 Å². The molecule has 35 heavy (non-hydrogen) atoms. The molecule has 11 heteroatoms.